The van der Waals surface area contributed by atoms with Gasteiger partial charge in [-0.15, -0.1) is 0 Å². The van der Waals surface area contributed by atoms with Crippen molar-refractivity contribution in [3.63, 3.8) is 0 Å². The zero-order valence-electron chi connectivity index (χ0n) is 14.7. The van der Waals surface area contributed by atoms with E-state index in [1.807, 2.05) is 42.5 Å². The van der Waals surface area contributed by atoms with Gasteiger partial charge < -0.3 is 28.4 Å². The van der Waals surface area contributed by atoms with Gasteiger partial charge in [-0.25, -0.2) is 9.13 Å². The van der Waals surface area contributed by atoms with E-state index in [9.17, 15) is 9.59 Å². The van der Waals surface area contributed by atoms with Crippen LogP contribution in [-0.4, -0.2) is 16.1 Å². The van der Waals surface area contributed by atoms with Crippen LogP contribution in [-0.2, 0) is 14.1 Å². The molecule has 1 aliphatic rings. The summed E-state index contributed by atoms with van der Waals surface area (Å²) in [6.45, 7) is 0. The first-order valence-electron chi connectivity index (χ1n) is 8.32. The number of hydrogen-bond acceptors (Lipinski definition) is 3. The van der Waals surface area contributed by atoms with Crippen LogP contribution < -0.4 is 28.5 Å². The maximum atomic E-state index is 13.2. The Balaban J connectivity index is 0.00000180. The zero-order valence-corrected chi connectivity index (χ0v) is 16.9. The van der Waals surface area contributed by atoms with Crippen LogP contribution in [0.1, 0.15) is 32.1 Å². The number of aromatic nitrogens is 2. The van der Waals surface area contributed by atoms with Crippen molar-refractivity contribution in [2.45, 2.75) is 0 Å². The van der Waals surface area contributed by atoms with Crippen LogP contribution in [0.5, 0.6) is 0 Å². The second-order valence-corrected chi connectivity index (χ2v) is 6.52. The van der Waals surface area contributed by atoms with Crippen molar-refractivity contribution in [1.29, 1.82) is 0 Å². The van der Waals surface area contributed by atoms with Gasteiger partial charge in [-0.2, -0.15) is 0 Å². The van der Waals surface area contributed by atoms with E-state index in [-0.39, 0.29) is 35.5 Å². The first-order chi connectivity index (χ1) is 12.6. The third-order valence-corrected chi connectivity index (χ3v) is 5.08. The molecule has 0 atom stereocenters. The van der Waals surface area contributed by atoms with Crippen molar-refractivity contribution in [2.75, 3.05) is 0 Å². The van der Waals surface area contributed by atoms with Crippen LogP contribution in [0.15, 0.2) is 59.2 Å². The first-order valence-corrected chi connectivity index (χ1v) is 8.32. The van der Waals surface area contributed by atoms with E-state index in [0.717, 1.165) is 10.8 Å². The summed E-state index contributed by atoms with van der Waals surface area (Å²) in [6, 6.07) is 15.0. The van der Waals surface area contributed by atoms with Crippen molar-refractivity contribution in [3.8, 4) is 11.6 Å². The van der Waals surface area contributed by atoms with E-state index in [0.29, 0.717) is 34.1 Å². The average Bonchev–Trinajstić information content (AvgIpc) is 3.25. The highest BCUT2D eigenvalue weighted by atomic mass is 127. The Kier molecular flexibility index (Phi) is 4.03. The molecule has 2 aromatic carbocycles. The van der Waals surface area contributed by atoms with Gasteiger partial charge in [0.2, 0.25) is 28.7 Å². The number of carbonyl (C=O) groups excluding carboxylic acids is 2. The fourth-order valence-electron chi connectivity index (χ4n) is 3.88. The molecule has 0 bridgehead atoms. The molecular formula is C21H15IN2O3. The standard InChI is InChI=1S/C21H15N2O3.HI/c1-22-17-18(23(2)21(22)16-8-5-9-26-16)20(25)15-11-13-7-4-3-6-12(13)10-14(15)19(17)24;/h3-11H,1-2H3;1H/q+1;/p-1. The number of imidazole rings is 1. The Bertz CT molecular complexity index is 1160. The molecule has 1 aliphatic carbocycles. The quantitative estimate of drug-likeness (QED) is 0.257. The number of furan rings is 1. The van der Waals surface area contributed by atoms with E-state index < -0.39 is 0 Å². The lowest BCUT2D eigenvalue weighted by Gasteiger charge is -2.13. The normalized spacial score (nSPS) is 12.7. The lowest BCUT2D eigenvalue weighted by molar-refractivity contribution is -0.661. The summed E-state index contributed by atoms with van der Waals surface area (Å²) >= 11 is 0. The number of rotatable bonds is 1. The number of fused-ring (bicyclic) bond motifs is 3. The molecule has 4 aromatic rings. The van der Waals surface area contributed by atoms with Gasteiger partial charge >= 0.3 is 5.82 Å². The van der Waals surface area contributed by atoms with Crippen LogP contribution in [0, 0.1) is 0 Å². The van der Waals surface area contributed by atoms with Gasteiger partial charge in [0.05, 0.1) is 20.4 Å². The molecule has 5 nitrogen and oxygen atoms in total. The van der Waals surface area contributed by atoms with Crippen molar-refractivity contribution < 1.29 is 42.5 Å². The molecule has 0 unspecified atom stereocenters. The van der Waals surface area contributed by atoms with Crippen molar-refractivity contribution in [2.24, 2.45) is 14.1 Å². The van der Waals surface area contributed by atoms with Gasteiger partial charge in [0.1, 0.15) is 0 Å². The molecule has 5 rings (SSSR count). The summed E-state index contributed by atoms with van der Waals surface area (Å²) in [5, 5.41) is 1.89. The van der Waals surface area contributed by atoms with Crippen LogP contribution in [0.2, 0.25) is 0 Å². The van der Waals surface area contributed by atoms with Gasteiger partial charge in [-0.3, -0.25) is 9.59 Å². The summed E-state index contributed by atoms with van der Waals surface area (Å²) in [5.74, 6) is 1.01. The molecule has 0 aliphatic heterocycles. The lowest BCUT2D eigenvalue weighted by Crippen LogP contribution is -3.00. The molecule has 6 heteroatoms. The number of carbonyl (C=O) groups is 2. The summed E-state index contributed by atoms with van der Waals surface area (Å²) in [5.41, 5.74) is 1.69. The predicted octanol–water partition coefficient (Wildman–Crippen LogP) is 0.0422. The van der Waals surface area contributed by atoms with E-state index >= 15 is 0 Å². The summed E-state index contributed by atoms with van der Waals surface area (Å²) in [7, 11) is 3.57. The monoisotopic (exact) mass is 470 g/mol. The minimum Gasteiger partial charge on any atom is -1.00 e. The minimum absolute atomic E-state index is 0. The Hall–Kier alpha value is -2.74. The highest BCUT2D eigenvalue weighted by molar-refractivity contribution is 6.28. The number of ketones is 2. The van der Waals surface area contributed by atoms with Gasteiger partial charge in [0.15, 0.2) is 0 Å². The van der Waals surface area contributed by atoms with Crippen LogP contribution in [0.3, 0.4) is 0 Å². The number of hydrogen-bond donors (Lipinski definition) is 0. The van der Waals surface area contributed by atoms with E-state index in [1.54, 1.807) is 35.6 Å². The highest BCUT2D eigenvalue weighted by Gasteiger charge is 2.43. The molecule has 0 N–H and O–H groups in total. The Morgan fingerprint density at radius 1 is 0.926 bits per heavy atom. The summed E-state index contributed by atoms with van der Waals surface area (Å²) in [4.78, 5) is 26.5. The molecule has 27 heavy (non-hydrogen) atoms. The molecule has 134 valence electrons. The van der Waals surface area contributed by atoms with Crippen molar-refractivity contribution >= 4 is 22.3 Å². The molecule has 2 aromatic heterocycles. The Morgan fingerprint density at radius 2 is 1.56 bits per heavy atom. The second-order valence-electron chi connectivity index (χ2n) is 6.52. The van der Waals surface area contributed by atoms with Gasteiger partial charge in [-0.1, -0.05) is 24.3 Å². The number of benzene rings is 2. The molecule has 2 heterocycles. The SMILES string of the molecule is Cn1c2c([n+](C)c1-c1ccco1)C(=O)c1cc3ccccc3cc1C2=O.[I-]. The van der Waals surface area contributed by atoms with Crippen LogP contribution >= 0.6 is 0 Å². The third kappa shape index (κ3) is 2.32. The number of halogens is 1. The molecule has 0 fully saturated rings. The fourth-order valence-corrected chi connectivity index (χ4v) is 3.88. The zero-order chi connectivity index (χ0) is 18.0. The number of nitrogens with zero attached hydrogens (tertiary/aromatic N) is 2. The van der Waals surface area contributed by atoms with Gasteiger partial charge in [0.25, 0.3) is 0 Å². The molecule has 0 amide bonds. The topological polar surface area (TPSA) is 56.1 Å². The molecule has 0 radical (unpaired) electrons. The largest absolute Gasteiger partial charge is 1.00 e. The van der Waals surface area contributed by atoms with Crippen LogP contribution in [0.25, 0.3) is 22.4 Å². The van der Waals surface area contributed by atoms with Crippen LogP contribution in [0.4, 0.5) is 0 Å². The molecule has 0 spiro atoms. The predicted molar refractivity (Wildman–Crippen MR) is 95.1 cm³/mol. The lowest BCUT2D eigenvalue weighted by atomic mass is 9.87. The van der Waals surface area contributed by atoms with Gasteiger partial charge in [0, 0.05) is 11.1 Å². The average molecular weight is 470 g/mol. The van der Waals surface area contributed by atoms with Crippen molar-refractivity contribution in [1.82, 2.24) is 4.57 Å². The minimum atomic E-state index is -0.142. The molecule has 0 saturated carbocycles. The first kappa shape index (κ1) is 17.7. The maximum absolute atomic E-state index is 13.2. The summed E-state index contributed by atoms with van der Waals surface area (Å²) in [6.07, 6.45) is 1.58. The van der Waals surface area contributed by atoms with Crippen molar-refractivity contribution in [3.05, 3.63) is 77.3 Å². The third-order valence-electron chi connectivity index (χ3n) is 5.08. The van der Waals surface area contributed by atoms with E-state index in [4.69, 9.17) is 4.42 Å². The highest BCUT2D eigenvalue weighted by Crippen LogP contribution is 2.31. The smallest absolute Gasteiger partial charge is 0.325 e. The van der Waals surface area contributed by atoms with E-state index in [1.165, 1.54) is 0 Å². The fraction of sp³-hybridized carbons (Fsp3) is 0.0952. The second kappa shape index (κ2) is 6.16. The Morgan fingerprint density at radius 3 is 2.15 bits per heavy atom. The summed E-state index contributed by atoms with van der Waals surface area (Å²) < 4.78 is 8.99. The van der Waals surface area contributed by atoms with Gasteiger partial charge in [-0.05, 0) is 35.0 Å². The van der Waals surface area contributed by atoms with E-state index in [2.05, 4.69) is 0 Å². The maximum Gasteiger partial charge on any atom is 0.325 e. The Labute approximate surface area is 172 Å². The molecule has 0 saturated heterocycles. The molecular weight excluding hydrogens is 455 g/mol.